The Bertz CT molecular complexity index is 76.6. The molecule has 0 saturated carbocycles. The second-order valence-corrected chi connectivity index (χ2v) is 1.54. The molecule has 0 aliphatic rings. The van der Waals surface area contributed by atoms with E-state index in [1.807, 2.05) is 6.21 Å². The predicted molar refractivity (Wildman–Crippen MR) is 37.1 cm³/mol. The van der Waals surface area contributed by atoms with Crippen LogP contribution < -0.4 is 0 Å². The molecule has 2 heteroatoms. The molecule has 0 bridgehead atoms. The van der Waals surface area contributed by atoms with Gasteiger partial charge in [-0.2, -0.15) is 0 Å². The number of rotatable bonds is 4. The van der Waals surface area contributed by atoms with Gasteiger partial charge in [-0.1, -0.05) is 13.3 Å². The molecule has 0 aliphatic carbocycles. The summed E-state index contributed by atoms with van der Waals surface area (Å²) in [6, 6.07) is 0. The molecule has 0 rings (SSSR count). The molecule has 0 spiro atoms. The summed E-state index contributed by atoms with van der Waals surface area (Å²) in [5.74, 6) is 0. The zero-order valence-corrected chi connectivity index (χ0v) is 5.22. The lowest BCUT2D eigenvalue weighted by Gasteiger charge is -1.80. The smallest absolute Gasteiger partial charge is 0.0731 e. The van der Waals surface area contributed by atoms with Gasteiger partial charge in [0.1, 0.15) is 0 Å². The maximum atomic E-state index is 6.60. The maximum absolute atomic E-state index is 6.60. The predicted octanol–water partition coefficient (Wildman–Crippen LogP) is 1.51. The van der Waals surface area contributed by atoms with E-state index in [1.165, 1.54) is 6.21 Å². The Labute approximate surface area is 50.1 Å². The van der Waals surface area contributed by atoms with E-state index in [1.54, 1.807) is 0 Å². The van der Waals surface area contributed by atoms with Gasteiger partial charge < -0.3 is 5.41 Å². The second kappa shape index (κ2) is 6.34. The van der Waals surface area contributed by atoms with Gasteiger partial charge in [-0.25, -0.2) is 0 Å². The van der Waals surface area contributed by atoms with E-state index >= 15 is 0 Å². The minimum absolute atomic E-state index is 0.542. The van der Waals surface area contributed by atoms with Crippen LogP contribution in [0.2, 0.25) is 0 Å². The molecule has 2 nitrogen and oxygen atoms in total. The molecule has 8 heavy (non-hydrogen) atoms. The topological polar surface area (TPSA) is 36.2 Å². The van der Waals surface area contributed by atoms with Crippen LogP contribution in [0, 0.1) is 5.41 Å². The molecule has 1 N–H and O–H groups in total. The van der Waals surface area contributed by atoms with Crippen LogP contribution in [0.25, 0.3) is 0 Å². The normalized spacial score (nSPS) is 10.1. The standard InChI is InChI=1S/C6H12N2/c1-2-3-5-8-6-4-7/h4-5,7H,2-3,6H2,1H3. The van der Waals surface area contributed by atoms with Crippen molar-refractivity contribution in [3.63, 3.8) is 0 Å². The first-order valence-electron chi connectivity index (χ1n) is 2.89. The lowest BCUT2D eigenvalue weighted by atomic mass is 10.4. The van der Waals surface area contributed by atoms with Gasteiger partial charge in [0.2, 0.25) is 0 Å². The van der Waals surface area contributed by atoms with E-state index in [9.17, 15) is 0 Å². The maximum Gasteiger partial charge on any atom is 0.0731 e. The Morgan fingerprint density at radius 1 is 1.62 bits per heavy atom. The second-order valence-electron chi connectivity index (χ2n) is 1.54. The molecule has 0 radical (unpaired) electrons. The van der Waals surface area contributed by atoms with Gasteiger partial charge in [0, 0.05) is 6.21 Å². The summed E-state index contributed by atoms with van der Waals surface area (Å²) in [5, 5.41) is 6.60. The highest BCUT2D eigenvalue weighted by Crippen LogP contribution is 1.79. The van der Waals surface area contributed by atoms with Gasteiger partial charge >= 0.3 is 0 Å². The van der Waals surface area contributed by atoms with Crippen molar-refractivity contribution in [1.29, 1.82) is 5.41 Å². The first-order chi connectivity index (χ1) is 3.91. The van der Waals surface area contributed by atoms with Gasteiger partial charge in [-0.05, 0) is 12.6 Å². The Morgan fingerprint density at radius 2 is 2.38 bits per heavy atom. The lowest BCUT2D eigenvalue weighted by molar-refractivity contribution is 1.00. The van der Waals surface area contributed by atoms with Crippen molar-refractivity contribution < 1.29 is 0 Å². The number of aliphatic imine (C=N–C) groups is 1. The zero-order valence-electron chi connectivity index (χ0n) is 5.22. The van der Waals surface area contributed by atoms with Crippen molar-refractivity contribution in [3.05, 3.63) is 0 Å². The fraction of sp³-hybridized carbons (Fsp3) is 0.667. The molecule has 0 atom stereocenters. The van der Waals surface area contributed by atoms with Crippen molar-refractivity contribution in [2.24, 2.45) is 4.99 Å². The van der Waals surface area contributed by atoms with Crippen molar-refractivity contribution >= 4 is 12.4 Å². The molecular formula is C6H12N2. The minimum Gasteiger partial charge on any atom is -0.311 e. The van der Waals surface area contributed by atoms with Gasteiger partial charge in [0.05, 0.1) is 6.54 Å². The van der Waals surface area contributed by atoms with Crippen LogP contribution in [-0.2, 0) is 0 Å². The first-order valence-corrected chi connectivity index (χ1v) is 2.89. The summed E-state index contributed by atoms with van der Waals surface area (Å²) in [7, 11) is 0. The van der Waals surface area contributed by atoms with Crippen molar-refractivity contribution in [1.82, 2.24) is 0 Å². The fourth-order valence-electron chi connectivity index (χ4n) is 0.348. The van der Waals surface area contributed by atoms with Gasteiger partial charge in [0.25, 0.3) is 0 Å². The van der Waals surface area contributed by atoms with Crippen LogP contribution in [0.5, 0.6) is 0 Å². The third-order valence-electron chi connectivity index (χ3n) is 0.744. The zero-order chi connectivity index (χ0) is 6.24. The number of hydrogen-bond acceptors (Lipinski definition) is 2. The molecule has 46 valence electrons. The number of hydrogen-bond donors (Lipinski definition) is 1. The summed E-state index contributed by atoms with van der Waals surface area (Å²) in [6.07, 6.45) is 5.34. The van der Waals surface area contributed by atoms with E-state index in [0.717, 1.165) is 12.8 Å². The molecule has 0 saturated heterocycles. The summed E-state index contributed by atoms with van der Waals surface area (Å²) < 4.78 is 0. The fourth-order valence-corrected chi connectivity index (χ4v) is 0.348. The highest BCUT2D eigenvalue weighted by molar-refractivity contribution is 5.63. The van der Waals surface area contributed by atoms with Crippen LogP contribution in [-0.4, -0.2) is 19.0 Å². The Morgan fingerprint density at radius 3 is 2.88 bits per heavy atom. The molecule has 0 heterocycles. The molecule has 0 unspecified atom stereocenters. The molecule has 0 aliphatic heterocycles. The van der Waals surface area contributed by atoms with Crippen molar-refractivity contribution in [2.75, 3.05) is 6.54 Å². The Balaban J connectivity index is 2.94. The van der Waals surface area contributed by atoms with E-state index < -0.39 is 0 Å². The van der Waals surface area contributed by atoms with Crippen LogP contribution >= 0.6 is 0 Å². The third kappa shape index (κ3) is 5.34. The highest BCUT2D eigenvalue weighted by Gasteiger charge is 1.70. The number of nitrogens with zero attached hydrogens (tertiary/aromatic N) is 1. The summed E-state index contributed by atoms with van der Waals surface area (Å²) in [4.78, 5) is 3.91. The number of unbranched alkanes of at least 4 members (excludes halogenated alkanes) is 1. The average molecular weight is 112 g/mol. The monoisotopic (exact) mass is 112 g/mol. The van der Waals surface area contributed by atoms with E-state index in [2.05, 4.69) is 11.9 Å². The van der Waals surface area contributed by atoms with Crippen molar-refractivity contribution in [2.45, 2.75) is 19.8 Å². The molecule has 0 aromatic rings. The molecule has 0 aromatic heterocycles. The van der Waals surface area contributed by atoms with Gasteiger partial charge in [0.15, 0.2) is 0 Å². The Hall–Kier alpha value is -0.660. The SMILES string of the molecule is CCCC=NCC=N. The van der Waals surface area contributed by atoms with E-state index in [0.29, 0.717) is 6.54 Å². The quantitative estimate of drug-likeness (QED) is 0.535. The van der Waals surface area contributed by atoms with E-state index in [4.69, 9.17) is 5.41 Å². The third-order valence-corrected chi connectivity index (χ3v) is 0.744. The van der Waals surface area contributed by atoms with Crippen LogP contribution in [0.15, 0.2) is 4.99 Å². The molecule has 0 aromatic carbocycles. The summed E-state index contributed by atoms with van der Waals surface area (Å²) in [6.45, 7) is 2.65. The highest BCUT2D eigenvalue weighted by atomic mass is 14.7. The Kier molecular flexibility index (Phi) is 5.82. The van der Waals surface area contributed by atoms with Crippen LogP contribution in [0.4, 0.5) is 0 Å². The average Bonchev–Trinajstić information content (AvgIpc) is 1.81. The summed E-state index contributed by atoms with van der Waals surface area (Å²) in [5.41, 5.74) is 0. The molecule has 0 amide bonds. The van der Waals surface area contributed by atoms with Crippen LogP contribution in [0.1, 0.15) is 19.8 Å². The van der Waals surface area contributed by atoms with Gasteiger partial charge in [-0.3, -0.25) is 4.99 Å². The van der Waals surface area contributed by atoms with Crippen molar-refractivity contribution in [3.8, 4) is 0 Å². The van der Waals surface area contributed by atoms with Crippen LogP contribution in [0.3, 0.4) is 0 Å². The first kappa shape index (κ1) is 7.34. The van der Waals surface area contributed by atoms with E-state index in [-0.39, 0.29) is 0 Å². The van der Waals surface area contributed by atoms with Gasteiger partial charge in [-0.15, -0.1) is 0 Å². The largest absolute Gasteiger partial charge is 0.311 e. The summed E-state index contributed by atoms with van der Waals surface area (Å²) >= 11 is 0. The molecule has 0 fully saturated rings. The minimum atomic E-state index is 0.542. The molecular weight excluding hydrogens is 100 g/mol. The lowest BCUT2D eigenvalue weighted by Crippen LogP contribution is -1.79. The number of nitrogens with one attached hydrogen (secondary N) is 1.